The van der Waals surface area contributed by atoms with Crippen molar-refractivity contribution < 1.29 is 9.53 Å². The molecule has 0 saturated carbocycles. The lowest BCUT2D eigenvalue weighted by atomic mass is 10.3. The second-order valence-corrected chi connectivity index (χ2v) is 5.33. The number of benzene rings is 1. The number of nitrogens with one attached hydrogen (secondary N) is 1. The van der Waals surface area contributed by atoms with Crippen LogP contribution < -0.4 is 10.1 Å². The van der Waals surface area contributed by atoms with Crippen molar-refractivity contribution in [1.82, 2.24) is 15.0 Å². The molecule has 0 fully saturated rings. The number of aromatic nitrogens is 3. The molecule has 0 radical (unpaired) electrons. The van der Waals surface area contributed by atoms with Crippen molar-refractivity contribution in [3.8, 4) is 5.75 Å². The van der Waals surface area contributed by atoms with E-state index in [-0.39, 0.29) is 5.91 Å². The molecule has 2 heterocycles. The smallest absolute Gasteiger partial charge is 0.276 e. The average molecular weight is 300 g/mol. The summed E-state index contributed by atoms with van der Waals surface area (Å²) < 4.78 is 6.12. The fourth-order valence-corrected chi connectivity index (χ4v) is 2.72. The van der Waals surface area contributed by atoms with Gasteiger partial charge in [-0.05, 0) is 31.2 Å². The third-order valence-corrected chi connectivity index (χ3v) is 3.76. The normalized spacial score (nSPS) is 10.6. The van der Waals surface area contributed by atoms with Crippen molar-refractivity contribution >= 4 is 32.6 Å². The zero-order valence-corrected chi connectivity index (χ0v) is 12.3. The predicted octanol–water partition coefficient (Wildman–Crippen LogP) is 2.66. The van der Waals surface area contributed by atoms with Gasteiger partial charge in [-0.1, -0.05) is 11.3 Å². The van der Waals surface area contributed by atoms with Gasteiger partial charge in [0.2, 0.25) is 0 Å². The maximum absolute atomic E-state index is 12.1. The molecule has 106 valence electrons. The molecule has 0 saturated heterocycles. The molecule has 2 aromatic heterocycles. The van der Waals surface area contributed by atoms with Crippen molar-refractivity contribution in [3.63, 3.8) is 0 Å². The summed E-state index contributed by atoms with van der Waals surface area (Å²) in [7, 11) is 1.61. The fourth-order valence-electron chi connectivity index (χ4n) is 1.83. The Morgan fingerprint density at radius 2 is 2.14 bits per heavy atom. The number of nitrogens with zero attached hydrogens (tertiary/aromatic N) is 3. The van der Waals surface area contributed by atoms with E-state index < -0.39 is 0 Å². The molecule has 0 aliphatic carbocycles. The summed E-state index contributed by atoms with van der Waals surface area (Å²) in [5.74, 6) is 1.01. The Hall–Kier alpha value is -2.54. The zero-order valence-electron chi connectivity index (χ0n) is 11.5. The van der Waals surface area contributed by atoms with Crippen LogP contribution in [0.15, 0.2) is 30.5 Å². The second kappa shape index (κ2) is 5.45. The highest BCUT2D eigenvalue weighted by Gasteiger charge is 2.11. The monoisotopic (exact) mass is 300 g/mol. The Morgan fingerprint density at radius 3 is 2.90 bits per heavy atom. The number of carbonyl (C=O) groups is 1. The van der Waals surface area contributed by atoms with Gasteiger partial charge in [-0.25, -0.2) is 15.0 Å². The molecule has 7 heteroatoms. The molecule has 0 atom stereocenters. The summed E-state index contributed by atoms with van der Waals surface area (Å²) in [6.07, 6.45) is 1.56. The maximum atomic E-state index is 12.1. The van der Waals surface area contributed by atoms with Crippen LogP contribution in [0.5, 0.6) is 5.75 Å². The Labute approximate surface area is 124 Å². The molecule has 1 N–H and O–H groups in total. The topological polar surface area (TPSA) is 77.0 Å². The van der Waals surface area contributed by atoms with Crippen LogP contribution in [0.3, 0.4) is 0 Å². The summed E-state index contributed by atoms with van der Waals surface area (Å²) >= 11 is 1.39. The van der Waals surface area contributed by atoms with Crippen LogP contribution in [0.25, 0.3) is 10.2 Å². The first-order chi connectivity index (χ1) is 10.2. The lowest BCUT2D eigenvalue weighted by Crippen LogP contribution is -2.14. The average Bonchev–Trinajstić information content (AvgIpc) is 2.88. The number of ether oxygens (including phenoxy) is 1. The van der Waals surface area contributed by atoms with E-state index in [4.69, 9.17) is 4.74 Å². The van der Waals surface area contributed by atoms with Crippen LogP contribution in [-0.2, 0) is 0 Å². The molecule has 0 unspecified atom stereocenters. The Bertz CT molecular complexity index is 816. The molecule has 0 aliphatic rings. The zero-order chi connectivity index (χ0) is 14.8. The number of thiazole rings is 1. The van der Waals surface area contributed by atoms with Gasteiger partial charge in [0, 0.05) is 6.20 Å². The predicted molar refractivity (Wildman–Crippen MR) is 80.9 cm³/mol. The van der Waals surface area contributed by atoms with Crippen LogP contribution in [0.2, 0.25) is 0 Å². The van der Waals surface area contributed by atoms with Crippen molar-refractivity contribution in [1.29, 1.82) is 0 Å². The number of amides is 1. The van der Waals surface area contributed by atoms with E-state index >= 15 is 0 Å². The molecule has 0 aliphatic heterocycles. The second-order valence-electron chi connectivity index (χ2n) is 4.30. The van der Waals surface area contributed by atoms with Gasteiger partial charge in [0.05, 0.1) is 17.3 Å². The van der Waals surface area contributed by atoms with E-state index in [9.17, 15) is 4.79 Å². The number of anilines is 1. The quantitative estimate of drug-likeness (QED) is 0.804. The summed E-state index contributed by atoms with van der Waals surface area (Å²) in [5.41, 5.74) is 1.13. The van der Waals surface area contributed by atoms with E-state index in [1.807, 2.05) is 18.2 Å². The summed E-state index contributed by atoms with van der Waals surface area (Å²) in [4.78, 5) is 24.5. The fraction of sp³-hybridized carbons (Fsp3) is 0.143. The van der Waals surface area contributed by atoms with Gasteiger partial charge in [-0.3, -0.25) is 10.1 Å². The van der Waals surface area contributed by atoms with E-state index in [0.29, 0.717) is 16.6 Å². The van der Waals surface area contributed by atoms with Gasteiger partial charge >= 0.3 is 0 Å². The number of hydrogen-bond donors (Lipinski definition) is 1. The van der Waals surface area contributed by atoms with Crippen molar-refractivity contribution in [2.75, 3.05) is 12.4 Å². The first-order valence-corrected chi connectivity index (χ1v) is 7.03. The van der Waals surface area contributed by atoms with E-state index in [1.54, 1.807) is 26.3 Å². The summed E-state index contributed by atoms with van der Waals surface area (Å²) in [6.45, 7) is 1.74. The van der Waals surface area contributed by atoms with Crippen LogP contribution in [0.1, 0.15) is 16.3 Å². The summed E-state index contributed by atoms with van der Waals surface area (Å²) in [5, 5.41) is 3.28. The number of hydrogen-bond acceptors (Lipinski definition) is 6. The van der Waals surface area contributed by atoms with Crippen LogP contribution >= 0.6 is 11.3 Å². The van der Waals surface area contributed by atoms with Crippen molar-refractivity contribution in [2.24, 2.45) is 0 Å². The maximum Gasteiger partial charge on any atom is 0.276 e. The minimum atomic E-state index is -0.300. The number of aryl methyl sites for hydroxylation is 1. The summed E-state index contributed by atoms with van der Waals surface area (Å²) in [6, 6.07) is 7.15. The van der Waals surface area contributed by atoms with Gasteiger partial charge in [0.1, 0.15) is 17.3 Å². The highest BCUT2D eigenvalue weighted by molar-refractivity contribution is 7.22. The molecule has 1 aromatic carbocycles. The van der Waals surface area contributed by atoms with Gasteiger partial charge in [0.15, 0.2) is 5.13 Å². The lowest BCUT2D eigenvalue weighted by Gasteiger charge is -2.00. The van der Waals surface area contributed by atoms with Gasteiger partial charge in [0.25, 0.3) is 5.91 Å². The van der Waals surface area contributed by atoms with Crippen molar-refractivity contribution in [3.05, 3.63) is 42.0 Å². The lowest BCUT2D eigenvalue weighted by molar-refractivity contribution is 0.102. The first-order valence-electron chi connectivity index (χ1n) is 6.21. The third-order valence-electron chi connectivity index (χ3n) is 2.82. The van der Waals surface area contributed by atoms with Crippen LogP contribution in [0.4, 0.5) is 5.13 Å². The highest BCUT2D eigenvalue weighted by Crippen LogP contribution is 2.29. The van der Waals surface area contributed by atoms with Gasteiger partial charge in [-0.15, -0.1) is 0 Å². The molecule has 1 amide bonds. The Kier molecular flexibility index (Phi) is 3.49. The molecule has 6 nitrogen and oxygen atoms in total. The van der Waals surface area contributed by atoms with Gasteiger partial charge < -0.3 is 4.74 Å². The highest BCUT2D eigenvalue weighted by atomic mass is 32.1. The molecule has 3 aromatic rings. The van der Waals surface area contributed by atoms with Gasteiger partial charge in [-0.2, -0.15) is 0 Å². The third kappa shape index (κ3) is 2.82. The minimum Gasteiger partial charge on any atom is -0.497 e. The van der Waals surface area contributed by atoms with Crippen molar-refractivity contribution in [2.45, 2.75) is 6.92 Å². The van der Waals surface area contributed by atoms with E-state index in [1.165, 1.54) is 11.3 Å². The number of rotatable bonds is 3. The molecule has 3 rings (SSSR count). The SMILES string of the molecule is COc1ccc2nc(NC(=O)c3ccnc(C)n3)sc2c1. The van der Waals surface area contributed by atoms with E-state index in [0.717, 1.165) is 16.0 Å². The Balaban J connectivity index is 1.86. The largest absolute Gasteiger partial charge is 0.497 e. The standard InChI is InChI=1S/C14H12N4O2S/c1-8-15-6-5-11(16-8)13(19)18-14-17-10-4-3-9(20-2)7-12(10)21-14/h3-7H,1-2H3,(H,17,18,19). The molecule has 0 bridgehead atoms. The number of methoxy groups -OCH3 is 1. The molecular formula is C14H12N4O2S. The molecule has 21 heavy (non-hydrogen) atoms. The minimum absolute atomic E-state index is 0.300. The molecule has 0 spiro atoms. The van der Waals surface area contributed by atoms with E-state index in [2.05, 4.69) is 20.3 Å². The number of carbonyl (C=O) groups excluding carboxylic acids is 1. The number of fused-ring (bicyclic) bond motifs is 1. The van der Waals surface area contributed by atoms with Crippen LogP contribution in [0, 0.1) is 6.92 Å². The molecular weight excluding hydrogens is 288 g/mol. The Morgan fingerprint density at radius 1 is 1.29 bits per heavy atom. The first kappa shape index (κ1) is 13.4. The van der Waals surface area contributed by atoms with Crippen LogP contribution in [-0.4, -0.2) is 28.0 Å².